The van der Waals surface area contributed by atoms with Gasteiger partial charge in [-0.1, -0.05) is 66.7 Å². The maximum atomic E-state index is 6.55. The minimum Gasteiger partial charge on any atom is -0.422 e. The Labute approximate surface area is 251 Å². The maximum Gasteiger partial charge on any atom is 0.221 e. The van der Waals surface area contributed by atoms with Gasteiger partial charge in [0.25, 0.3) is 0 Å². The number of aryl methyl sites for hydroxylation is 2. The lowest BCUT2D eigenvalue weighted by Crippen LogP contribution is -2.29. The molecule has 0 N–H and O–H groups in total. The Kier molecular flexibility index (Phi) is 5.66. The number of anilines is 1. The highest BCUT2D eigenvalue weighted by atomic mass is 16.5. The number of nitrogens with zero attached hydrogens (tertiary/aromatic N) is 5. The quantitative estimate of drug-likeness (QED) is 0.216. The molecule has 0 radical (unpaired) electrons. The summed E-state index contributed by atoms with van der Waals surface area (Å²) in [6.45, 7) is 4.94. The first kappa shape index (κ1) is 25.4. The molecule has 2 aliphatic rings. The van der Waals surface area contributed by atoms with Gasteiger partial charge >= 0.3 is 0 Å². The second-order valence-electron chi connectivity index (χ2n) is 11.4. The van der Waals surface area contributed by atoms with Gasteiger partial charge in [0.15, 0.2) is 0 Å². The van der Waals surface area contributed by atoms with Crippen molar-refractivity contribution >= 4 is 11.3 Å². The zero-order valence-electron chi connectivity index (χ0n) is 24.4. The number of hydrogen-bond acceptors (Lipinski definition) is 5. The zero-order chi connectivity index (χ0) is 29.1. The third kappa shape index (κ3) is 3.79. The molecule has 0 unspecified atom stereocenters. The van der Waals surface area contributed by atoms with E-state index in [0.29, 0.717) is 11.8 Å². The van der Waals surface area contributed by atoms with E-state index >= 15 is 0 Å². The number of benzene rings is 3. The molecular weight excluding hydrogens is 530 g/mol. The van der Waals surface area contributed by atoms with Gasteiger partial charge in [-0.2, -0.15) is 0 Å². The van der Waals surface area contributed by atoms with Crippen LogP contribution in [0, 0.1) is 13.8 Å². The van der Waals surface area contributed by atoms with E-state index in [1.54, 1.807) is 6.20 Å². The van der Waals surface area contributed by atoms with Gasteiger partial charge < -0.3 is 14.5 Å². The fourth-order valence-electron chi connectivity index (χ4n) is 6.83. The van der Waals surface area contributed by atoms with Gasteiger partial charge in [0.05, 0.1) is 17.8 Å². The van der Waals surface area contributed by atoms with Crippen molar-refractivity contribution in [1.29, 1.82) is 0 Å². The Bertz CT molecular complexity index is 2000. The smallest absolute Gasteiger partial charge is 0.221 e. The first-order valence-electron chi connectivity index (χ1n) is 14.6. The molecule has 6 nitrogen and oxygen atoms in total. The molecule has 210 valence electrons. The minimum absolute atomic E-state index is 0.542. The SMILES string of the molecule is Cc1nc2cc(C3(c4cccc(N5C=CN(C)C5)c4)c4ccccc4-c4ccccc43)cc(Oc3ccccn3)n2c1C. The van der Waals surface area contributed by atoms with Crippen molar-refractivity contribution in [2.75, 3.05) is 18.6 Å². The second-order valence-corrected chi connectivity index (χ2v) is 11.4. The van der Waals surface area contributed by atoms with E-state index in [9.17, 15) is 0 Å². The summed E-state index contributed by atoms with van der Waals surface area (Å²) < 4.78 is 8.64. The van der Waals surface area contributed by atoms with E-state index in [2.05, 4.69) is 130 Å². The minimum atomic E-state index is -0.601. The monoisotopic (exact) mass is 561 g/mol. The van der Waals surface area contributed by atoms with Gasteiger partial charge in [0.1, 0.15) is 5.65 Å². The van der Waals surface area contributed by atoms with Crippen molar-refractivity contribution in [3.63, 3.8) is 0 Å². The molecule has 1 aliphatic carbocycles. The van der Waals surface area contributed by atoms with Gasteiger partial charge in [0.2, 0.25) is 11.8 Å². The van der Waals surface area contributed by atoms with Gasteiger partial charge in [-0.05, 0) is 71.5 Å². The normalized spacial score (nSPS) is 14.8. The van der Waals surface area contributed by atoms with Crippen LogP contribution < -0.4 is 9.64 Å². The molecule has 0 saturated carbocycles. The molecule has 0 fully saturated rings. The molecule has 3 aromatic carbocycles. The largest absolute Gasteiger partial charge is 0.422 e. The van der Waals surface area contributed by atoms with E-state index in [4.69, 9.17) is 9.72 Å². The van der Waals surface area contributed by atoms with Gasteiger partial charge in [-0.3, -0.25) is 4.40 Å². The summed E-state index contributed by atoms with van der Waals surface area (Å²) in [6.07, 6.45) is 6.01. The number of imidazole rings is 1. The van der Waals surface area contributed by atoms with Crippen LogP contribution in [0.3, 0.4) is 0 Å². The summed E-state index contributed by atoms with van der Waals surface area (Å²) in [5.41, 5.74) is 10.7. The van der Waals surface area contributed by atoms with Crippen LogP contribution in [0.25, 0.3) is 16.8 Å². The van der Waals surface area contributed by atoms with Crippen LogP contribution in [0.1, 0.15) is 33.6 Å². The lowest BCUT2D eigenvalue weighted by Gasteiger charge is -2.35. The molecule has 0 bridgehead atoms. The average Bonchev–Trinajstić information content (AvgIpc) is 3.70. The molecule has 6 aromatic rings. The standard InChI is InChI=1S/C37H31N5O/c1-25-26(2)42-34(39-25)22-28(23-36(42)43-35-17-8-9-18-38-35)37(27-11-10-12-29(21-27)41-20-19-40(3)24-41)32-15-6-4-13-30(32)31-14-5-7-16-33(31)37/h4-23H,24H2,1-3H3. The molecule has 1 aliphatic heterocycles. The van der Waals surface area contributed by atoms with Gasteiger partial charge in [0, 0.05) is 49.2 Å². The molecule has 3 aromatic heterocycles. The van der Waals surface area contributed by atoms with E-state index in [1.165, 1.54) is 27.8 Å². The first-order valence-corrected chi connectivity index (χ1v) is 14.6. The average molecular weight is 562 g/mol. The second kappa shape index (κ2) is 9.60. The Morgan fingerprint density at radius 3 is 2.19 bits per heavy atom. The third-order valence-electron chi connectivity index (χ3n) is 8.87. The Morgan fingerprint density at radius 2 is 1.49 bits per heavy atom. The topological polar surface area (TPSA) is 45.9 Å². The summed E-state index contributed by atoms with van der Waals surface area (Å²) in [6, 6.07) is 36.7. The summed E-state index contributed by atoms with van der Waals surface area (Å²) >= 11 is 0. The van der Waals surface area contributed by atoms with Crippen LogP contribution in [-0.2, 0) is 5.41 Å². The highest BCUT2D eigenvalue weighted by Crippen LogP contribution is 2.57. The fraction of sp³-hybridized carbons (Fsp3) is 0.135. The van der Waals surface area contributed by atoms with Gasteiger partial charge in [-0.25, -0.2) is 9.97 Å². The van der Waals surface area contributed by atoms with Crippen molar-refractivity contribution in [3.05, 3.63) is 155 Å². The van der Waals surface area contributed by atoms with Crippen LogP contribution in [-0.4, -0.2) is 33.0 Å². The first-order chi connectivity index (χ1) is 21.0. The van der Waals surface area contributed by atoms with E-state index < -0.39 is 5.41 Å². The number of aromatic nitrogens is 3. The molecule has 43 heavy (non-hydrogen) atoms. The number of fused-ring (bicyclic) bond motifs is 4. The molecule has 0 saturated heterocycles. The number of pyridine rings is 2. The number of rotatable bonds is 5. The molecule has 0 amide bonds. The lowest BCUT2D eigenvalue weighted by molar-refractivity contribution is 0.435. The fourth-order valence-corrected chi connectivity index (χ4v) is 6.83. The van der Waals surface area contributed by atoms with Crippen LogP contribution in [0.5, 0.6) is 11.8 Å². The molecular formula is C37H31N5O. The molecule has 0 spiro atoms. The van der Waals surface area contributed by atoms with Crippen LogP contribution in [0.15, 0.2) is 122 Å². The molecule has 0 atom stereocenters. The maximum absolute atomic E-state index is 6.55. The van der Waals surface area contributed by atoms with Crippen molar-refractivity contribution in [2.24, 2.45) is 0 Å². The molecule has 4 heterocycles. The third-order valence-corrected chi connectivity index (χ3v) is 8.87. The summed E-state index contributed by atoms with van der Waals surface area (Å²) in [5, 5.41) is 0. The highest BCUT2D eigenvalue weighted by molar-refractivity contribution is 5.87. The predicted octanol–water partition coefficient (Wildman–Crippen LogP) is 7.68. The van der Waals surface area contributed by atoms with E-state index in [-0.39, 0.29) is 0 Å². The van der Waals surface area contributed by atoms with Crippen LogP contribution in [0.2, 0.25) is 0 Å². The predicted molar refractivity (Wildman–Crippen MR) is 171 cm³/mol. The summed E-state index contributed by atoms with van der Waals surface area (Å²) in [7, 11) is 2.10. The van der Waals surface area contributed by atoms with Crippen molar-refractivity contribution in [3.8, 4) is 22.9 Å². The zero-order valence-corrected chi connectivity index (χ0v) is 24.4. The van der Waals surface area contributed by atoms with Crippen molar-refractivity contribution in [1.82, 2.24) is 19.3 Å². The Hall–Kier alpha value is -5.36. The molecule has 6 heteroatoms. The van der Waals surface area contributed by atoms with E-state index in [1.807, 2.05) is 25.1 Å². The van der Waals surface area contributed by atoms with Crippen molar-refractivity contribution in [2.45, 2.75) is 19.3 Å². The highest BCUT2D eigenvalue weighted by Gasteiger charge is 2.46. The summed E-state index contributed by atoms with van der Waals surface area (Å²) in [5.74, 6) is 1.23. The lowest BCUT2D eigenvalue weighted by atomic mass is 9.67. The Balaban J connectivity index is 1.45. The summed E-state index contributed by atoms with van der Waals surface area (Å²) in [4.78, 5) is 14.0. The Morgan fingerprint density at radius 1 is 0.744 bits per heavy atom. The van der Waals surface area contributed by atoms with Crippen LogP contribution >= 0.6 is 0 Å². The molecule has 8 rings (SSSR count). The van der Waals surface area contributed by atoms with Gasteiger partial charge in [-0.15, -0.1) is 0 Å². The van der Waals surface area contributed by atoms with E-state index in [0.717, 1.165) is 35.0 Å². The van der Waals surface area contributed by atoms with Crippen molar-refractivity contribution < 1.29 is 4.74 Å². The van der Waals surface area contributed by atoms with Crippen LogP contribution in [0.4, 0.5) is 5.69 Å². The number of hydrogen-bond donors (Lipinski definition) is 0. The number of ether oxygens (including phenoxy) is 1.